The third kappa shape index (κ3) is 3.58. The minimum Gasteiger partial charge on any atom is -0.495 e. The molecular formula is C12H10BrClN2O4S. The van der Waals surface area contributed by atoms with Gasteiger partial charge in [-0.25, -0.2) is 8.42 Å². The summed E-state index contributed by atoms with van der Waals surface area (Å²) in [5, 5.41) is -0.209. The monoisotopic (exact) mass is 392 g/mol. The zero-order valence-electron chi connectivity index (χ0n) is 10.7. The molecule has 1 aromatic carbocycles. The summed E-state index contributed by atoms with van der Waals surface area (Å²) < 4.78 is 32.7. The van der Waals surface area contributed by atoms with Crippen molar-refractivity contribution in [2.24, 2.45) is 0 Å². The standard InChI is InChI=1S/C12H10BrClN2O4S/c1-20-11-3-2-7(13)4-10(11)16-21(18,19)8-5-9(14)12(17)15-6-8/h2-6,16H,1H3,(H,15,17). The van der Waals surface area contributed by atoms with Crippen LogP contribution in [0.4, 0.5) is 5.69 Å². The van der Waals surface area contributed by atoms with Crippen molar-refractivity contribution in [1.29, 1.82) is 0 Å². The van der Waals surface area contributed by atoms with Crippen LogP contribution in [-0.4, -0.2) is 20.5 Å². The van der Waals surface area contributed by atoms with E-state index in [1.165, 1.54) is 7.11 Å². The van der Waals surface area contributed by atoms with Crippen molar-refractivity contribution in [1.82, 2.24) is 4.98 Å². The van der Waals surface area contributed by atoms with E-state index in [1.807, 2.05) is 0 Å². The van der Waals surface area contributed by atoms with Crippen LogP contribution >= 0.6 is 27.5 Å². The molecule has 2 aromatic rings. The van der Waals surface area contributed by atoms with Crippen LogP contribution < -0.4 is 15.0 Å². The summed E-state index contributed by atoms with van der Waals surface area (Å²) in [5.41, 5.74) is -0.301. The summed E-state index contributed by atoms with van der Waals surface area (Å²) >= 11 is 8.89. The third-order valence-corrected chi connectivity index (χ3v) is 4.67. The summed E-state index contributed by atoms with van der Waals surface area (Å²) in [6.45, 7) is 0. The van der Waals surface area contributed by atoms with Crippen LogP contribution in [0.25, 0.3) is 0 Å². The van der Waals surface area contributed by atoms with Crippen LogP contribution in [0.1, 0.15) is 0 Å². The van der Waals surface area contributed by atoms with Crippen molar-refractivity contribution in [3.63, 3.8) is 0 Å². The van der Waals surface area contributed by atoms with E-state index in [0.29, 0.717) is 10.2 Å². The van der Waals surface area contributed by atoms with Crippen LogP contribution in [-0.2, 0) is 10.0 Å². The van der Waals surface area contributed by atoms with E-state index >= 15 is 0 Å². The SMILES string of the molecule is COc1ccc(Br)cc1NS(=O)(=O)c1c[nH]c(=O)c(Cl)c1. The first-order chi connectivity index (χ1) is 9.83. The van der Waals surface area contributed by atoms with E-state index < -0.39 is 15.6 Å². The number of anilines is 1. The predicted octanol–water partition coefficient (Wildman–Crippen LogP) is 2.60. The van der Waals surface area contributed by atoms with Gasteiger partial charge in [0.05, 0.1) is 12.8 Å². The predicted molar refractivity (Wildman–Crippen MR) is 83.6 cm³/mol. The molecule has 0 aliphatic heterocycles. The Morgan fingerprint density at radius 3 is 2.67 bits per heavy atom. The summed E-state index contributed by atoms with van der Waals surface area (Å²) in [4.78, 5) is 13.3. The van der Waals surface area contributed by atoms with E-state index in [2.05, 4.69) is 25.6 Å². The van der Waals surface area contributed by atoms with Crippen molar-refractivity contribution in [2.75, 3.05) is 11.8 Å². The van der Waals surface area contributed by atoms with Crippen molar-refractivity contribution < 1.29 is 13.2 Å². The largest absolute Gasteiger partial charge is 0.495 e. The lowest BCUT2D eigenvalue weighted by atomic mass is 10.3. The molecule has 0 atom stereocenters. The number of H-pyrrole nitrogens is 1. The molecule has 0 amide bonds. The number of nitrogens with one attached hydrogen (secondary N) is 2. The number of rotatable bonds is 4. The van der Waals surface area contributed by atoms with Crippen LogP contribution in [0.5, 0.6) is 5.75 Å². The number of hydrogen-bond acceptors (Lipinski definition) is 4. The minimum absolute atomic E-state index is 0.158. The second kappa shape index (κ2) is 6.08. The molecule has 2 rings (SSSR count). The zero-order valence-corrected chi connectivity index (χ0v) is 13.8. The summed E-state index contributed by atoms with van der Waals surface area (Å²) in [6, 6.07) is 5.96. The highest BCUT2D eigenvalue weighted by Crippen LogP contribution is 2.29. The van der Waals surface area contributed by atoms with Gasteiger partial charge in [-0.1, -0.05) is 27.5 Å². The maximum Gasteiger partial charge on any atom is 0.266 e. The van der Waals surface area contributed by atoms with E-state index in [1.54, 1.807) is 18.2 Å². The molecule has 6 nitrogen and oxygen atoms in total. The molecule has 0 radical (unpaired) electrons. The molecule has 21 heavy (non-hydrogen) atoms. The molecular weight excluding hydrogens is 384 g/mol. The highest BCUT2D eigenvalue weighted by molar-refractivity contribution is 9.10. The lowest BCUT2D eigenvalue weighted by molar-refractivity contribution is 0.417. The van der Waals surface area contributed by atoms with Gasteiger partial charge in [-0.05, 0) is 24.3 Å². The van der Waals surface area contributed by atoms with Gasteiger partial charge in [0.2, 0.25) is 0 Å². The molecule has 112 valence electrons. The molecule has 2 N–H and O–H groups in total. The van der Waals surface area contributed by atoms with Gasteiger partial charge in [0, 0.05) is 10.7 Å². The van der Waals surface area contributed by atoms with Crippen molar-refractivity contribution in [2.45, 2.75) is 4.90 Å². The first-order valence-electron chi connectivity index (χ1n) is 5.58. The van der Waals surface area contributed by atoms with Gasteiger partial charge in [0.1, 0.15) is 15.7 Å². The van der Waals surface area contributed by atoms with Gasteiger partial charge >= 0.3 is 0 Å². The number of benzene rings is 1. The van der Waals surface area contributed by atoms with Gasteiger partial charge in [-0.3, -0.25) is 9.52 Å². The van der Waals surface area contributed by atoms with Gasteiger partial charge in [0.25, 0.3) is 15.6 Å². The normalized spacial score (nSPS) is 11.2. The van der Waals surface area contributed by atoms with E-state index in [0.717, 1.165) is 12.3 Å². The van der Waals surface area contributed by atoms with Crippen molar-refractivity contribution >= 4 is 43.2 Å². The Hall–Kier alpha value is -1.51. The smallest absolute Gasteiger partial charge is 0.266 e. The van der Waals surface area contributed by atoms with E-state index in [-0.39, 0.29) is 15.6 Å². The molecule has 9 heteroatoms. The average Bonchev–Trinajstić information content (AvgIpc) is 2.41. The Balaban J connectivity index is 2.44. The fourth-order valence-corrected chi connectivity index (χ4v) is 3.21. The molecule has 0 spiro atoms. The number of ether oxygens (including phenoxy) is 1. The van der Waals surface area contributed by atoms with E-state index in [4.69, 9.17) is 16.3 Å². The molecule has 0 fully saturated rings. The lowest BCUT2D eigenvalue weighted by Gasteiger charge is -2.12. The Morgan fingerprint density at radius 2 is 2.05 bits per heavy atom. The van der Waals surface area contributed by atoms with E-state index in [9.17, 15) is 13.2 Å². The van der Waals surface area contributed by atoms with Crippen LogP contribution in [0.2, 0.25) is 5.02 Å². The van der Waals surface area contributed by atoms with Crippen LogP contribution in [0.15, 0.2) is 44.6 Å². The molecule has 0 aliphatic rings. The van der Waals surface area contributed by atoms with Crippen LogP contribution in [0.3, 0.4) is 0 Å². The number of hydrogen-bond donors (Lipinski definition) is 2. The zero-order chi connectivity index (χ0) is 15.6. The van der Waals surface area contributed by atoms with Crippen LogP contribution in [0, 0.1) is 0 Å². The fraction of sp³-hybridized carbons (Fsp3) is 0.0833. The first-order valence-corrected chi connectivity index (χ1v) is 8.23. The maximum absolute atomic E-state index is 12.3. The molecule has 0 bridgehead atoms. The number of halogens is 2. The minimum atomic E-state index is -3.91. The molecule has 0 saturated heterocycles. The third-order valence-electron chi connectivity index (χ3n) is 2.55. The summed E-state index contributed by atoms with van der Waals surface area (Å²) in [5.74, 6) is 0.359. The second-order valence-corrected chi connectivity index (χ2v) is 6.97. The quantitative estimate of drug-likeness (QED) is 0.836. The van der Waals surface area contributed by atoms with Gasteiger partial charge in [-0.2, -0.15) is 0 Å². The Labute approximate surface area is 134 Å². The van der Waals surface area contributed by atoms with Crippen molar-refractivity contribution in [3.8, 4) is 5.75 Å². The average molecular weight is 394 g/mol. The summed E-state index contributed by atoms with van der Waals surface area (Å²) in [6.07, 6.45) is 1.07. The lowest BCUT2D eigenvalue weighted by Crippen LogP contribution is -2.16. The Kier molecular flexibility index (Phi) is 4.60. The topological polar surface area (TPSA) is 88.3 Å². The van der Waals surface area contributed by atoms with Gasteiger partial charge < -0.3 is 9.72 Å². The number of aromatic amines is 1. The number of methoxy groups -OCH3 is 1. The Morgan fingerprint density at radius 1 is 1.33 bits per heavy atom. The molecule has 0 saturated carbocycles. The highest BCUT2D eigenvalue weighted by Gasteiger charge is 2.18. The Bertz CT molecular complexity index is 835. The maximum atomic E-state index is 12.3. The highest BCUT2D eigenvalue weighted by atomic mass is 79.9. The molecule has 1 aromatic heterocycles. The first kappa shape index (κ1) is 15.9. The van der Waals surface area contributed by atoms with Crippen molar-refractivity contribution in [3.05, 3.63) is 50.3 Å². The molecule has 0 aliphatic carbocycles. The number of aromatic nitrogens is 1. The second-order valence-electron chi connectivity index (χ2n) is 3.96. The molecule has 1 heterocycles. The fourth-order valence-electron chi connectivity index (χ4n) is 1.56. The molecule has 0 unspecified atom stereocenters. The van der Waals surface area contributed by atoms with Gasteiger partial charge in [0.15, 0.2) is 0 Å². The number of sulfonamides is 1. The summed E-state index contributed by atoms with van der Waals surface area (Å²) in [7, 11) is -2.48. The van der Waals surface area contributed by atoms with Gasteiger partial charge in [-0.15, -0.1) is 0 Å². The number of pyridine rings is 1.